The molecule has 0 spiro atoms. The minimum absolute atomic E-state index is 0.202. The topological polar surface area (TPSA) is 35.2 Å². The van der Waals surface area contributed by atoms with Crippen LogP contribution in [0.3, 0.4) is 0 Å². The molecule has 0 aromatic heterocycles. The Morgan fingerprint density at radius 1 is 1.12 bits per heavy atom. The van der Waals surface area contributed by atoms with E-state index >= 15 is 0 Å². The van der Waals surface area contributed by atoms with Gasteiger partial charge in [0.05, 0.1) is 5.69 Å². The molecule has 2 nitrogen and oxygen atoms in total. The van der Waals surface area contributed by atoms with Crippen molar-refractivity contribution in [3.8, 4) is 5.75 Å². The summed E-state index contributed by atoms with van der Waals surface area (Å²) in [4.78, 5) is 0. The van der Waals surface area contributed by atoms with E-state index < -0.39 is 35.6 Å². The maximum Gasteiger partial charge on any atom is 0.457 e. The first-order valence-electron chi connectivity index (χ1n) is 3.84. The zero-order valence-corrected chi connectivity index (χ0v) is 7.49. The predicted octanol–water partition coefficient (Wildman–Crippen LogP) is 2.78. The van der Waals surface area contributed by atoms with Crippen molar-refractivity contribution in [3.63, 3.8) is 0 Å². The highest BCUT2D eigenvalue weighted by Crippen LogP contribution is 2.29. The maximum absolute atomic E-state index is 12.8. The van der Waals surface area contributed by atoms with Crippen molar-refractivity contribution < 1.29 is 31.1 Å². The summed E-state index contributed by atoms with van der Waals surface area (Å²) >= 11 is 0. The molecule has 0 heterocycles. The lowest BCUT2D eigenvalue weighted by Gasteiger charge is -2.15. The van der Waals surface area contributed by atoms with Crippen LogP contribution in [0.1, 0.15) is 0 Å². The lowest BCUT2D eigenvalue weighted by molar-refractivity contribution is -0.237. The average molecular weight is 245 g/mol. The van der Waals surface area contributed by atoms with Crippen LogP contribution in [-0.4, -0.2) is 12.5 Å². The molecular formula is C8H5F6NO. The highest BCUT2D eigenvalue weighted by molar-refractivity contribution is 5.46. The van der Waals surface area contributed by atoms with E-state index in [-0.39, 0.29) is 6.07 Å². The first-order chi connectivity index (χ1) is 7.21. The minimum atomic E-state index is -5.30. The van der Waals surface area contributed by atoms with Gasteiger partial charge >= 0.3 is 12.5 Å². The van der Waals surface area contributed by atoms with Gasteiger partial charge in [-0.1, -0.05) is 0 Å². The fourth-order valence-electron chi connectivity index (χ4n) is 0.813. The third-order valence-corrected chi connectivity index (χ3v) is 1.54. The van der Waals surface area contributed by atoms with Gasteiger partial charge < -0.3 is 10.5 Å². The molecule has 0 aliphatic heterocycles. The molecule has 0 aliphatic rings. The molecule has 0 saturated carbocycles. The molecule has 16 heavy (non-hydrogen) atoms. The van der Waals surface area contributed by atoms with E-state index in [0.717, 1.165) is 0 Å². The van der Waals surface area contributed by atoms with Crippen LogP contribution >= 0.6 is 0 Å². The van der Waals surface area contributed by atoms with Crippen LogP contribution in [0.25, 0.3) is 0 Å². The number of anilines is 1. The molecule has 0 saturated heterocycles. The Hall–Kier alpha value is -1.60. The SMILES string of the molecule is Nc1cc(OC(F)C(F)(F)F)c(F)cc1F. The van der Waals surface area contributed by atoms with E-state index in [2.05, 4.69) is 4.74 Å². The third-order valence-electron chi connectivity index (χ3n) is 1.54. The summed E-state index contributed by atoms with van der Waals surface area (Å²) < 4.78 is 76.6. The highest BCUT2D eigenvalue weighted by Gasteiger charge is 2.43. The number of nitrogens with two attached hydrogens (primary N) is 1. The molecule has 90 valence electrons. The van der Waals surface area contributed by atoms with Gasteiger partial charge in [-0.25, -0.2) is 8.78 Å². The Morgan fingerprint density at radius 2 is 1.69 bits per heavy atom. The van der Waals surface area contributed by atoms with E-state index in [9.17, 15) is 26.3 Å². The van der Waals surface area contributed by atoms with Gasteiger partial charge in [0.25, 0.3) is 0 Å². The number of hydrogen-bond donors (Lipinski definition) is 1. The number of nitrogen functional groups attached to an aromatic ring is 1. The van der Waals surface area contributed by atoms with E-state index in [1.54, 1.807) is 0 Å². The number of hydrogen-bond acceptors (Lipinski definition) is 2. The third kappa shape index (κ3) is 2.71. The second-order valence-electron chi connectivity index (χ2n) is 2.78. The molecule has 1 aromatic carbocycles. The zero-order valence-electron chi connectivity index (χ0n) is 7.49. The molecule has 1 aromatic rings. The lowest BCUT2D eigenvalue weighted by atomic mass is 10.3. The van der Waals surface area contributed by atoms with Gasteiger partial charge in [-0.3, -0.25) is 0 Å². The van der Waals surface area contributed by atoms with Crippen LogP contribution in [0.15, 0.2) is 12.1 Å². The number of benzene rings is 1. The Balaban J connectivity index is 2.94. The monoisotopic (exact) mass is 245 g/mol. The van der Waals surface area contributed by atoms with Gasteiger partial charge in [-0.05, 0) is 0 Å². The summed E-state index contributed by atoms with van der Waals surface area (Å²) in [6, 6.07) is 0.636. The van der Waals surface area contributed by atoms with Gasteiger partial charge in [0.1, 0.15) is 5.82 Å². The van der Waals surface area contributed by atoms with Gasteiger partial charge in [-0.15, -0.1) is 0 Å². The van der Waals surface area contributed by atoms with Crippen LogP contribution in [-0.2, 0) is 0 Å². The van der Waals surface area contributed by atoms with Crippen LogP contribution in [0.4, 0.5) is 32.0 Å². The van der Waals surface area contributed by atoms with Gasteiger partial charge in [-0.2, -0.15) is 17.6 Å². The van der Waals surface area contributed by atoms with Crippen molar-refractivity contribution in [1.29, 1.82) is 0 Å². The van der Waals surface area contributed by atoms with Crippen LogP contribution in [0.2, 0.25) is 0 Å². The van der Waals surface area contributed by atoms with Crippen molar-refractivity contribution in [2.45, 2.75) is 12.5 Å². The molecule has 0 aliphatic carbocycles. The predicted molar refractivity (Wildman–Crippen MR) is 42.3 cm³/mol. The van der Waals surface area contributed by atoms with Crippen molar-refractivity contribution in [1.82, 2.24) is 0 Å². The molecule has 0 amide bonds. The normalized spacial score (nSPS) is 13.6. The summed E-state index contributed by atoms with van der Waals surface area (Å²) in [7, 11) is 0. The number of rotatable bonds is 2. The summed E-state index contributed by atoms with van der Waals surface area (Å²) in [5, 5.41) is 0. The number of halogens is 6. The fourth-order valence-corrected chi connectivity index (χ4v) is 0.813. The van der Waals surface area contributed by atoms with E-state index in [1.807, 2.05) is 0 Å². The molecule has 1 rings (SSSR count). The quantitative estimate of drug-likeness (QED) is 0.642. The molecule has 2 N–H and O–H groups in total. The average Bonchev–Trinajstić information content (AvgIpc) is 2.12. The van der Waals surface area contributed by atoms with Crippen LogP contribution in [0, 0.1) is 11.6 Å². The van der Waals surface area contributed by atoms with Crippen LogP contribution in [0.5, 0.6) is 5.75 Å². The highest BCUT2D eigenvalue weighted by atomic mass is 19.4. The molecule has 0 bridgehead atoms. The van der Waals surface area contributed by atoms with Crippen molar-refractivity contribution >= 4 is 5.69 Å². The van der Waals surface area contributed by atoms with Gasteiger partial charge in [0.2, 0.25) is 0 Å². The standard InChI is InChI=1S/C8H5F6NO/c9-3-1-4(10)6(2-5(3)15)16-7(11)8(12,13)14/h1-2,7H,15H2. The molecule has 8 heteroatoms. The smallest absolute Gasteiger partial charge is 0.449 e. The summed E-state index contributed by atoms with van der Waals surface area (Å²) in [6.07, 6.45) is -9.00. The Labute approximate surface area is 85.6 Å². The molecule has 1 atom stereocenters. The Morgan fingerprint density at radius 3 is 2.19 bits per heavy atom. The zero-order chi connectivity index (χ0) is 12.5. The van der Waals surface area contributed by atoms with Crippen molar-refractivity contribution in [2.24, 2.45) is 0 Å². The first-order valence-corrected chi connectivity index (χ1v) is 3.84. The van der Waals surface area contributed by atoms with E-state index in [1.165, 1.54) is 0 Å². The first kappa shape index (κ1) is 12.5. The Bertz CT molecular complexity index is 391. The summed E-state index contributed by atoms with van der Waals surface area (Å²) in [5.41, 5.74) is 4.30. The number of ether oxygens (including phenoxy) is 1. The maximum atomic E-state index is 12.8. The van der Waals surface area contributed by atoms with E-state index in [0.29, 0.717) is 6.07 Å². The second kappa shape index (κ2) is 4.11. The Kier molecular flexibility index (Phi) is 3.20. The summed E-state index contributed by atoms with van der Waals surface area (Å²) in [6.45, 7) is 0. The molecule has 0 fully saturated rings. The molecule has 1 unspecified atom stereocenters. The molecular weight excluding hydrogens is 240 g/mol. The minimum Gasteiger partial charge on any atom is -0.449 e. The van der Waals surface area contributed by atoms with Crippen molar-refractivity contribution in [3.05, 3.63) is 23.8 Å². The number of alkyl halides is 4. The van der Waals surface area contributed by atoms with Gasteiger partial charge in [0, 0.05) is 12.1 Å². The fraction of sp³-hybridized carbons (Fsp3) is 0.250. The van der Waals surface area contributed by atoms with Crippen molar-refractivity contribution in [2.75, 3.05) is 5.73 Å². The summed E-state index contributed by atoms with van der Waals surface area (Å²) in [5.74, 6) is -3.76. The van der Waals surface area contributed by atoms with E-state index in [4.69, 9.17) is 5.73 Å². The molecule has 0 radical (unpaired) electrons. The second-order valence-corrected chi connectivity index (χ2v) is 2.78. The largest absolute Gasteiger partial charge is 0.457 e. The van der Waals surface area contributed by atoms with Crippen LogP contribution < -0.4 is 10.5 Å². The lowest BCUT2D eigenvalue weighted by Crippen LogP contribution is -2.30. The van der Waals surface area contributed by atoms with Gasteiger partial charge in [0.15, 0.2) is 11.6 Å².